The van der Waals surface area contributed by atoms with Gasteiger partial charge in [0.2, 0.25) is 0 Å². The topological polar surface area (TPSA) is 61.5 Å². The number of ether oxygens (including phenoxy) is 2. The second kappa shape index (κ2) is 4.82. The fourth-order valence-corrected chi connectivity index (χ4v) is 1.50. The smallest absolute Gasteiger partial charge is 0.465 e. The fraction of sp³-hybridized carbons (Fsp3) is 0.222. The SMILES string of the molecule is COC(=O)c1cc(OC(F)(F)F)c(Br)cc1N. The van der Waals surface area contributed by atoms with Crippen LogP contribution in [0.4, 0.5) is 18.9 Å². The van der Waals surface area contributed by atoms with E-state index < -0.39 is 18.1 Å². The third-order valence-electron chi connectivity index (χ3n) is 1.74. The van der Waals surface area contributed by atoms with Gasteiger partial charge in [-0.3, -0.25) is 0 Å². The molecular weight excluding hydrogens is 307 g/mol. The lowest BCUT2D eigenvalue weighted by Crippen LogP contribution is -2.18. The van der Waals surface area contributed by atoms with Gasteiger partial charge in [0.05, 0.1) is 17.1 Å². The summed E-state index contributed by atoms with van der Waals surface area (Å²) in [6, 6.07) is 1.99. The van der Waals surface area contributed by atoms with Crippen LogP contribution in [0.1, 0.15) is 10.4 Å². The number of anilines is 1. The Balaban J connectivity index is 3.19. The van der Waals surface area contributed by atoms with Crippen molar-refractivity contribution in [3.63, 3.8) is 0 Å². The second-order valence-electron chi connectivity index (χ2n) is 2.91. The van der Waals surface area contributed by atoms with Crippen molar-refractivity contribution in [1.29, 1.82) is 0 Å². The first-order valence-electron chi connectivity index (χ1n) is 4.17. The Bertz CT molecular complexity index is 448. The van der Waals surface area contributed by atoms with Crippen LogP contribution < -0.4 is 10.5 Å². The number of carbonyl (C=O) groups excluding carboxylic acids is 1. The van der Waals surface area contributed by atoms with E-state index in [9.17, 15) is 18.0 Å². The maximum absolute atomic E-state index is 12.0. The lowest BCUT2D eigenvalue weighted by Gasteiger charge is -2.12. The Morgan fingerprint density at radius 1 is 1.41 bits per heavy atom. The van der Waals surface area contributed by atoms with Gasteiger partial charge in [0.15, 0.2) is 0 Å². The Morgan fingerprint density at radius 2 is 2.00 bits per heavy atom. The predicted octanol–water partition coefficient (Wildman–Crippen LogP) is 2.72. The minimum absolute atomic E-state index is 0.0139. The summed E-state index contributed by atoms with van der Waals surface area (Å²) < 4.78 is 44.2. The first-order chi connectivity index (χ1) is 7.74. The van der Waals surface area contributed by atoms with Crippen molar-refractivity contribution < 1.29 is 27.4 Å². The predicted molar refractivity (Wildman–Crippen MR) is 56.6 cm³/mol. The number of nitrogens with two attached hydrogens (primary N) is 1. The molecule has 0 fully saturated rings. The molecule has 8 heteroatoms. The van der Waals surface area contributed by atoms with E-state index >= 15 is 0 Å². The molecular formula is C9H7BrF3NO3. The van der Waals surface area contributed by atoms with E-state index in [1.54, 1.807) is 0 Å². The highest BCUT2D eigenvalue weighted by atomic mass is 79.9. The van der Waals surface area contributed by atoms with Crippen LogP contribution in [0.3, 0.4) is 0 Å². The number of carbonyl (C=O) groups is 1. The molecule has 0 saturated heterocycles. The summed E-state index contributed by atoms with van der Waals surface area (Å²) >= 11 is 2.85. The van der Waals surface area contributed by atoms with Gasteiger partial charge in [0.1, 0.15) is 5.75 Å². The van der Waals surface area contributed by atoms with Gasteiger partial charge in [-0.1, -0.05) is 0 Å². The van der Waals surface area contributed by atoms with Gasteiger partial charge in [0.25, 0.3) is 0 Å². The molecule has 1 aromatic rings. The molecule has 1 rings (SSSR count). The first-order valence-corrected chi connectivity index (χ1v) is 4.97. The molecule has 0 aliphatic carbocycles. The zero-order valence-electron chi connectivity index (χ0n) is 8.47. The molecule has 0 atom stereocenters. The minimum atomic E-state index is -4.86. The van der Waals surface area contributed by atoms with E-state index in [-0.39, 0.29) is 15.7 Å². The number of esters is 1. The molecule has 17 heavy (non-hydrogen) atoms. The normalized spacial score (nSPS) is 11.1. The van der Waals surface area contributed by atoms with Crippen molar-refractivity contribution >= 4 is 27.6 Å². The summed E-state index contributed by atoms with van der Waals surface area (Å²) in [5, 5.41) is 0. The van der Waals surface area contributed by atoms with Gasteiger partial charge in [-0.2, -0.15) is 0 Å². The molecule has 0 spiro atoms. The van der Waals surface area contributed by atoms with E-state index in [4.69, 9.17) is 5.73 Å². The molecule has 0 aromatic heterocycles. The van der Waals surface area contributed by atoms with Crippen LogP contribution in [0.15, 0.2) is 16.6 Å². The van der Waals surface area contributed by atoms with Crippen LogP contribution in [0, 0.1) is 0 Å². The van der Waals surface area contributed by atoms with Crippen LogP contribution in [0.5, 0.6) is 5.75 Å². The highest BCUT2D eigenvalue weighted by Crippen LogP contribution is 2.34. The van der Waals surface area contributed by atoms with Gasteiger partial charge in [-0.15, -0.1) is 13.2 Å². The molecule has 0 bridgehead atoms. The Labute approximate surface area is 103 Å². The van der Waals surface area contributed by atoms with Crippen molar-refractivity contribution in [2.24, 2.45) is 0 Å². The first kappa shape index (κ1) is 13.6. The molecule has 0 radical (unpaired) electrons. The zero-order chi connectivity index (χ0) is 13.2. The molecule has 0 amide bonds. The molecule has 0 heterocycles. The van der Waals surface area contributed by atoms with E-state index in [1.807, 2.05) is 0 Å². The van der Waals surface area contributed by atoms with Gasteiger partial charge in [-0.05, 0) is 28.1 Å². The minimum Gasteiger partial charge on any atom is -0.465 e. The van der Waals surface area contributed by atoms with Gasteiger partial charge in [-0.25, -0.2) is 4.79 Å². The highest BCUT2D eigenvalue weighted by molar-refractivity contribution is 9.10. The number of halogens is 4. The molecule has 1 aromatic carbocycles. The third kappa shape index (κ3) is 3.52. The molecule has 0 aliphatic rings. The van der Waals surface area contributed by atoms with E-state index in [0.29, 0.717) is 0 Å². The number of rotatable bonds is 2. The third-order valence-corrected chi connectivity index (χ3v) is 2.35. The van der Waals surface area contributed by atoms with Crippen molar-refractivity contribution in [2.75, 3.05) is 12.8 Å². The van der Waals surface area contributed by atoms with Crippen molar-refractivity contribution in [2.45, 2.75) is 6.36 Å². The standard InChI is InChI=1S/C9H7BrF3NO3/c1-16-8(15)4-2-7(17-9(11,12)13)5(10)3-6(4)14/h2-3H,14H2,1H3. The number of alkyl halides is 3. The Hall–Kier alpha value is -1.44. The summed E-state index contributed by atoms with van der Waals surface area (Å²) in [5.74, 6) is -1.41. The second-order valence-corrected chi connectivity index (χ2v) is 3.76. The van der Waals surface area contributed by atoms with E-state index in [2.05, 4.69) is 25.4 Å². The molecule has 0 aliphatic heterocycles. The number of methoxy groups -OCH3 is 1. The zero-order valence-corrected chi connectivity index (χ0v) is 10.1. The Kier molecular flexibility index (Phi) is 3.87. The average molecular weight is 314 g/mol. The van der Waals surface area contributed by atoms with Crippen LogP contribution in [-0.2, 0) is 4.74 Å². The largest absolute Gasteiger partial charge is 0.573 e. The number of nitrogen functional groups attached to an aromatic ring is 1. The van der Waals surface area contributed by atoms with Crippen LogP contribution in [0.2, 0.25) is 0 Å². The maximum Gasteiger partial charge on any atom is 0.573 e. The van der Waals surface area contributed by atoms with Crippen molar-refractivity contribution in [3.05, 3.63) is 22.2 Å². The summed E-state index contributed by atoms with van der Waals surface area (Å²) in [5.41, 5.74) is 5.25. The summed E-state index contributed by atoms with van der Waals surface area (Å²) in [6.45, 7) is 0. The number of hydrogen-bond acceptors (Lipinski definition) is 4. The van der Waals surface area contributed by atoms with Crippen molar-refractivity contribution in [3.8, 4) is 5.75 Å². The maximum atomic E-state index is 12.0. The Morgan fingerprint density at radius 3 is 2.47 bits per heavy atom. The van der Waals surface area contributed by atoms with Gasteiger partial charge in [0, 0.05) is 5.69 Å². The summed E-state index contributed by atoms with van der Waals surface area (Å²) in [7, 11) is 1.09. The van der Waals surface area contributed by atoms with Crippen LogP contribution in [-0.4, -0.2) is 19.4 Å². The van der Waals surface area contributed by atoms with E-state index in [0.717, 1.165) is 19.2 Å². The summed E-state index contributed by atoms with van der Waals surface area (Å²) in [6.07, 6.45) is -4.86. The molecule has 4 nitrogen and oxygen atoms in total. The molecule has 0 saturated carbocycles. The lowest BCUT2D eigenvalue weighted by molar-refractivity contribution is -0.274. The molecule has 2 N–H and O–H groups in total. The highest BCUT2D eigenvalue weighted by Gasteiger charge is 2.32. The molecule has 94 valence electrons. The monoisotopic (exact) mass is 313 g/mol. The number of benzene rings is 1. The fourth-order valence-electron chi connectivity index (χ4n) is 1.06. The summed E-state index contributed by atoms with van der Waals surface area (Å²) in [4.78, 5) is 11.2. The van der Waals surface area contributed by atoms with Gasteiger partial charge < -0.3 is 15.2 Å². The van der Waals surface area contributed by atoms with Crippen LogP contribution in [0.25, 0.3) is 0 Å². The number of hydrogen-bond donors (Lipinski definition) is 1. The molecule has 0 unspecified atom stereocenters. The van der Waals surface area contributed by atoms with Crippen LogP contribution >= 0.6 is 15.9 Å². The average Bonchev–Trinajstić information content (AvgIpc) is 2.19. The van der Waals surface area contributed by atoms with Crippen molar-refractivity contribution in [1.82, 2.24) is 0 Å². The van der Waals surface area contributed by atoms with Gasteiger partial charge >= 0.3 is 12.3 Å². The van der Waals surface area contributed by atoms with E-state index in [1.165, 1.54) is 0 Å². The lowest BCUT2D eigenvalue weighted by atomic mass is 10.2. The quantitative estimate of drug-likeness (QED) is 0.673.